The third-order valence-electron chi connectivity index (χ3n) is 5.71. The minimum absolute atomic E-state index is 0.0218. The smallest absolute Gasteiger partial charge is 0.231 e. The summed E-state index contributed by atoms with van der Waals surface area (Å²) < 4.78 is 34.2. The molecule has 134 valence electrons. The van der Waals surface area contributed by atoms with Crippen LogP contribution in [0.2, 0.25) is 0 Å². The second-order valence-electron chi connectivity index (χ2n) is 7.06. The standard InChI is InChI=1S/C20H18O6/c1-3-15-17(25-9-23-15)5-11(1)19-13-7-22-20(14(13)8-21-19)12-2-4-16-18(6-12)26-10-24-16/h1-6,13-14,19-20H,7-10H2/t13-,14-,19?,20?/m1/s1. The summed E-state index contributed by atoms with van der Waals surface area (Å²) in [6.07, 6.45) is 0.0435. The largest absolute Gasteiger partial charge is 0.454 e. The lowest BCUT2D eigenvalue weighted by Crippen LogP contribution is -2.14. The Hall–Kier alpha value is -2.44. The van der Waals surface area contributed by atoms with E-state index in [2.05, 4.69) is 12.1 Å². The molecule has 0 bridgehead atoms. The van der Waals surface area contributed by atoms with Crippen LogP contribution in [0.5, 0.6) is 23.0 Å². The molecule has 4 atom stereocenters. The Morgan fingerprint density at radius 3 is 1.54 bits per heavy atom. The number of fused-ring (bicyclic) bond motifs is 3. The Kier molecular flexibility index (Phi) is 3.12. The van der Waals surface area contributed by atoms with E-state index < -0.39 is 0 Å². The fraction of sp³-hybridized carbons (Fsp3) is 0.400. The molecule has 4 aliphatic heterocycles. The molecular formula is C20H18O6. The molecule has 0 saturated carbocycles. The summed E-state index contributed by atoms with van der Waals surface area (Å²) in [5.74, 6) is 3.83. The number of benzene rings is 2. The fourth-order valence-corrected chi connectivity index (χ4v) is 4.41. The summed E-state index contributed by atoms with van der Waals surface area (Å²) in [6.45, 7) is 1.93. The van der Waals surface area contributed by atoms with Gasteiger partial charge in [0, 0.05) is 11.8 Å². The molecule has 2 unspecified atom stereocenters. The van der Waals surface area contributed by atoms with E-state index >= 15 is 0 Å². The van der Waals surface area contributed by atoms with Crippen LogP contribution in [0, 0.1) is 11.8 Å². The van der Waals surface area contributed by atoms with E-state index in [1.165, 1.54) is 0 Å². The van der Waals surface area contributed by atoms with E-state index in [1.54, 1.807) is 0 Å². The van der Waals surface area contributed by atoms with E-state index in [4.69, 9.17) is 28.4 Å². The third-order valence-corrected chi connectivity index (χ3v) is 5.71. The molecule has 6 rings (SSSR count). The van der Waals surface area contributed by atoms with Crippen LogP contribution in [0.3, 0.4) is 0 Å². The van der Waals surface area contributed by atoms with Gasteiger partial charge in [-0.05, 0) is 35.4 Å². The minimum atomic E-state index is 0.0218. The highest BCUT2D eigenvalue weighted by Crippen LogP contribution is 2.52. The zero-order chi connectivity index (χ0) is 17.1. The van der Waals surface area contributed by atoms with Crippen LogP contribution in [-0.4, -0.2) is 26.8 Å². The van der Waals surface area contributed by atoms with E-state index in [0.29, 0.717) is 25.0 Å². The van der Waals surface area contributed by atoms with Gasteiger partial charge >= 0.3 is 0 Å². The van der Waals surface area contributed by atoms with Crippen LogP contribution < -0.4 is 18.9 Å². The number of rotatable bonds is 2. The van der Waals surface area contributed by atoms with Crippen molar-refractivity contribution in [3.8, 4) is 23.0 Å². The second-order valence-corrected chi connectivity index (χ2v) is 7.06. The Morgan fingerprint density at radius 2 is 1.04 bits per heavy atom. The van der Waals surface area contributed by atoms with Crippen LogP contribution in [0.15, 0.2) is 36.4 Å². The van der Waals surface area contributed by atoms with E-state index in [1.807, 2.05) is 24.3 Å². The van der Waals surface area contributed by atoms with Crippen molar-refractivity contribution >= 4 is 0 Å². The molecule has 0 amide bonds. The van der Waals surface area contributed by atoms with Gasteiger partial charge in [-0.15, -0.1) is 0 Å². The number of ether oxygens (including phenoxy) is 6. The average Bonchev–Trinajstić information content (AvgIpc) is 3.42. The van der Waals surface area contributed by atoms with Crippen molar-refractivity contribution < 1.29 is 28.4 Å². The van der Waals surface area contributed by atoms with Gasteiger partial charge in [0.1, 0.15) is 0 Å². The monoisotopic (exact) mass is 354 g/mol. The predicted octanol–water partition coefficient (Wildman–Crippen LogP) is 3.22. The van der Waals surface area contributed by atoms with Gasteiger partial charge in [0.2, 0.25) is 13.6 Å². The maximum atomic E-state index is 6.18. The van der Waals surface area contributed by atoms with Gasteiger partial charge in [-0.1, -0.05) is 12.1 Å². The average molecular weight is 354 g/mol. The maximum Gasteiger partial charge on any atom is 0.231 e. The van der Waals surface area contributed by atoms with Gasteiger partial charge in [-0.25, -0.2) is 0 Å². The van der Waals surface area contributed by atoms with Gasteiger partial charge in [-0.2, -0.15) is 0 Å². The summed E-state index contributed by atoms with van der Waals surface area (Å²) in [7, 11) is 0. The van der Waals surface area contributed by atoms with E-state index in [-0.39, 0.29) is 25.8 Å². The second kappa shape index (κ2) is 5.53. The topological polar surface area (TPSA) is 55.4 Å². The van der Waals surface area contributed by atoms with Crippen molar-refractivity contribution in [2.45, 2.75) is 12.2 Å². The van der Waals surface area contributed by atoms with Crippen LogP contribution in [0.25, 0.3) is 0 Å². The molecule has 2 saturated heterocycles. The molecule has 0 radical (unpaired) electrons. The highest BCUT2D eigenvalue weighted by Gasteiger charge is 2.48. The van der Waals surface area contributed by atoms with E-state index in [9.17, 15) is 0 Å². The first kappa shape index (κ1) is 14.7. The Labute approximate surface area is 150 Å². The Morgan fingerprint density at radius 1 is 0.577 bits per heavy atom. The molecule has 4 heterocycles. The molecule has 0 aliphatic carbocycles. The normalized spacial score (nSPS) is 30.6. The molecule has 6 nitrogen and oxygen atoms in total. The quantitative estimate of drug-likeness (QED) is 0.825. The van der Waals surface area contributed by atoms with Gasteiger partial charge in [0.25, 0.3) is 0 Å². The van der Waals surface area contributed by atoms with Crippen LogP contribution >= 0.6 is 0 Å². The van der Waals surface area contributed by atoms with Crippen molar-refractivity contribution in [3.63, 3.8) is 0 Å². The summed E-state index contributed by atoms with van der Waals surface area (Å²) >= 11 is 0. The lowest BCUT2D eigenvalue weighted by molar-refractivity contribution is 0.0192. The van der Waals surface area contributed by atoms with Crippen molar-refractivity contribution in [3.05, 3.63) is 47.5 Å². The zero-order valence-corrected chi connectivity index (χ0v) is 14.1. The summed E-state index contributed by atoms with van der Waals surface area (Å²) in [5.41, 5.74) is 2.24. The van der Waals surface area contributed by atoms with Crippen molar-refractivity contribution in [2.75, 3.05) is 26.8 Å². The molecular weight excluding hydrogens is 336 g/mol. The first-order valence-corrected chi connectivity index (χ1v) is 8.89. The lowest BCUT2D eigenvalue weighted by Gasteiger charge is -2.17. The highest BCUT2D eigenvalue weighted by atomic mass is 16.7. The minimum Gasteiger partial charge on any atom is -0.454 e. The van der Waals surface area contributed by atoms with Crippen LogP contribution in [0.4, 0.5) is 0 Å². The summed E-state index contributed by atoms with van der Waals surface area (Å²) in [4.78, 5) is 0. The molecule has 0 N–H and O–H groups in total. The van der Waals surface area contributed by atoms with Crippen LogP contribution in [0.1, 0.15) is 23.3 Å². The summed E-state index contributed by atoms with van der Waals surface area (Å²) in [5, 5.41) is 0. The van der Waals surface area contributed by atoms with Gasteiger partial charge in [0.15, 0.2) is 23.0 Å². The van der Waals surface area contributed by atoms with Gasteiger partial charge in [0.05, 0.1) is 25.4 Å². The van der Waals surface area contributed by atoms with Gasteiger partial charge in [-0.3, -0.25) is 0 Å². The molecule has 26 heavy (non-hydrogen) atoms. The zero-order valence-electron chi connectivity index (χ0n) is 14.1. The SMILES string of the molecule is c1cc2c(cc1C1OC[C@H]3C(c4ccc5c(c4)OCO5)OC[C@@H]13)OCO2. The Bertz CT molecular complexity index is 794. The number of hydrogen-bond acceptors (Lipinski definition) is 6. The fourth-order valence-electron chi connectivity index (χ4n) is 4.41. The molecule has 0 aromatic heterocycles. The third kappa shape index (κ3) is 2.12. The predicted molar refractivity (Wildman–Crippen MR) is 89.5 cm³/mol. The first-order valence-electron chi connectivity index (χ1n) is 8.89. The molecule has 0 spiro atoms. The first-order chi connectivity index (χ1) is 12.9. The van der Waals surface area contributed by atoms with E-state index in [0.717, 1.165) is 34.1 Å². The number of hydrogen-bond donors (Lipinski definition) is 0. The molecule has 6 heteroatoms. The lowest BCUT2D eigenvalue weighted by atomic mass is 9.85. The highest BCUT2D eigenvalue weighted by molar-refractivity contribution is 5.46. The Balaban J connectivity index is 1.27. The molecule has 2 aromatic carbocycles. The van der Waals surface area contributed by atoms with Crippen molar-refractivity contribution in [1.82, 2.24) is 0 Å². The van der Waals surface area contributed by atoms with Crippen molar-refractivity contribution in [1.29, 1.82) is 0 Å². The molecule has 4 aliphatic rings. The van der Waals surface area contributed by atoms with Crippen LogP contribution in [-0.2, 0) is 9.47 Å². The van der Waals surface area contributed by atoms with Crippen molar-refractivity contribution in [2.24, 2.45) is 11.8 Å². The van der Waals surface area contributed by atoms with Gasteiger partial charge < -0.3 is 28.4 Å². The molecule has 2 aromatic rings. The summed E-state index contributed by atoms with van der Waals surface area (Å²) in [6, 6.07) is 12.1. The molecule has 2 fully saturated rings. The maximum absolute atomic E-state index is 6.18.